The third-order valence-corrected chi connectivity index (χ3v) is 6.37. The lowest BCUT2D eigenvalue weighted by molar-refractivity contribution is -0.123. The minimum atomic E-state index is -0.822. The first-order chi connectivity index (χ1) is 18.2. The van der Waals surface area contributed by atoms with Gasteiger partial charge in [-0.3, -0.25) is 9.59 Å². The van der Waals surface area contributed by atoms with Gasteiger partial charge >= 0.3 is 0 Å². The molecular weight excluding hydrogens is 549 g/mol. The third-order valence-electron chi connectivity index (χ3n) is 5.38. The minimum absolute atomic E-state index is 0.196. The second kappa shape index (κ2) is 14.0. The average molecular weight is 577 g/mol. The van der Waals surface area contributed by atoms with Gasteiger partial charge in [-0.15, -0.1) is 0 Å². The van der Waals surface area contributed by atoms with Crippen molar-refractivity contribution < 1.29 is 19.1 Å². The summed E-state index contributed by atoms with van der Waals surface area (Å²) in [6, 6.07) is 16.4. The summed E-state index contributed by atoms with van der Waals surface area (Å²) in [5.74, 6) is 0.0201. The summed E-state index contributed by atoms with van der Waals surface area (Å²) in [6.07, 6.45) is 1.49. The Morgan fingerprint density at radius 2 is 1.66 bits per heavy atom. The molecule has 0 aliphatic carbocycles. The predicted molar refractivity (Wildman–Crippen MR) is 152 cm³/mol. The molecule has 200 valence electrons. The van der Waals surface area contributed by atoms with Crippen LogP contribution in [-0.2, 0) is 11.4 Å². The summed E-state index contributed by atoms with van der Waals surface area (Å²) < 4.78 is 11.6. The van der Waals surface area contributed by atoms with E-state index in [1.54, 1.807) is 30.3 Å². The number of rotatable bonds is 11. The number of hydrogen-bond acceptors (Lipinski definition) is 5. The molecule has 2 amide bonds. The maximum Gasteiger partial charge on any atom is 0.262 e. The van der Waals surface area contributed by atoms with E-state index in [4.69, 9.17) is 44.3 Å². The molecular formula is C28H28Cl3N3O4. The molecule has 10 heteroatoms. The molecule has 0 aliphatic heterocycles. The molecule has 0 saturated carbocycles. The third kappa shape index (κ3) is 8.38. The van der Waals surface area contributed by atoms with Gasteiger partial charge < -0.3 is 14.8 Å². The molecule has 0 heterocycles. The van der Waals surface area contributed by atoms with Crippen molar-refractivity contribution in [2.24, 2.45) is 11.0 Å². The van der Waals surface area contributed by atoms with Gasteiger partial charge in [-0.05, 0) is 72.5 Å². The highest BCUT2D eigenvalue weighted by Gasteiger charge is 2.24. The zero-order valence-electron chi connectivity index (χ0n) is 21.1. The molecule has 2 N–H and O–H groups in total. The Morgan fingerprint density at radius 1 is 0.921 bits per heavy atom. The number of nitrogens with one attached hydrogen (secondary N) is 2. The van der Waals surface area contributed by atoms with Gasteiger partial charge in [0, 0.05) is 10.6 Å². The van der Waals surface area contributed by atoms with Gasteiger partial charge in [0.1, 0.15) is 12.6 Å². The van der Waals surface area contributed by atoms with Gasteiger partial charge in [0.05, 0.1) is 22.9 Å². The van der Waals surface area contributed by atoms with E-state index >= 15 is 0 Å². The Morgan fingerprint density at radius 3 is 2.32 bits per heavy atom. The second-order valence-corrected chi connectivity index (χ2v) is 9.86. The molecule has 1 atom stereocenters. The number of hydrogen-bond donors (Lipinski definition) is 2. The summed E-state index contributed by atoms with van der Waals surface area (Å²) >= 11 is 17.9. The fraction of sp³-hybridized carbons (Fsp3) is 0.250. The second-order valence-electron chi connectivity index (χ2n) is 8.61. The summed E-state index contributed by atoms with van der Waals surface area (Å²) in [6.45, 7) is 6.32. The number of carbonyl (C=O) groups is 2. The highest BCUT2D eigenvalue weighted by atomic mass is 35.5. The van der Waals surface area contributed by atoms with E-state index in [0.29, 0.717) is 45.9 Å². The van der Waals surface area contributed by atoms with Gasteiger partial charge in [0.2, 0.25) is 0 Å². The van der Waals surface area contributed by atoms with Crippen molar-refractivity contribution in [3.05, 3.63) is 92.4 Å². The smallest absolute Gasteiger partial charge is 0.262 e. The molecule has 3 rings (SSSR count). The van der Waals surface area contributed by atoms with E-state index in [1.807, 2.05) is 32.9 Å². The highest BCUT2D eigenvalue weighted by molar-refractivity contribution is 6.42. The average Bonchev–Trinajstić information content (AvgIpc) is 2.89. The van der Waals surface area contributed by atoms with Crippen LogP contribution in [0.3, 0.4) is 0 Å². The van der Waals surface area contributed by atoms with Crippen LogP contribution in [0.4, 0.5) is 0 Å². The quantitative estimate of drug-likeness (QED) is 0.201. The minimum Gasteiger partial charge on any atom is -0.490 e. The fourth-order valence-corrected chi connectivity index (χ4v) is 3.80. The van der Waals surface area contributed by atoms with E-state index in [9.17, 15) is 9.59 Å². The predicted octanol–water partition coefficient (Wildman–Crippen LogP) is 6.53. The zero-order valence-corrected chi connectivity index (χ0v) is 23.4. The Labute approximate surface area is 237 Å². The molecule has 1 unspecified atom stereocenters. The van der Waals surface area contributed by atoms with Crippen molar-refractivity contribution in [2.45, 2.75) is 33.4 Å². The molecule has 0 spiro atoms. The standard InChI is InChI=1S/C28H28Cl3N3O4/c1-4-37-25-13-19(7-12-24(25)38-16-18-5-9-21(29)10-6-18)15-32-34-28(36)26(17(2)3)33-27(35)20-8-11-22(30)23(31)14-20/h5-15,17,26H,4,16H2,1-3H3,(H,33,35)(H,34,36). The van der Waals surface area contributed by atoms with E-state index < -0.39 is 17.9 Å². The number of hydrazone groups is 1. The van der Waals surface area contributed by atoms with Crippen LogP contribution in [0.5, 0.6) is 11.5 Å². The summed E-state index contributed by atoms with van der Waals surface area (Å²) in [4.78, 5) is 25.4. The lowest BCUT2D eigenvalue weighted by Crippen LogP contribution is -2.48. The molecule has 3 aromatic carbocycles. The largest absolute Gasteiger partial charge is 0.490 e. The van der Waals surface area contributed by atoms with Crippen LogP contribution in [0.1, 0.15) is 42.3 Å². The number of halogens is 3. The summed E-state index contributed by atoms with van der Waals surface area (Å²) in [5, 5.41) is 8.03. The Balaban J connectivity index is 1.63. The lowest BCUT2D eigenvalue weighted by atomic mass is 10.0. The number of nitrogens with zero attached hydrogens (tertiary/aromatic N) is 1. The molecule has 0 fully saturated rings. The monoisotopic (exact) mass is 575 g/mol. The normalized spacial score (nSPS) is 11.9. The number of amides is 2. The molecule has 0 aromatic heterocycles. The van der Waals surface area contributed by atoms with Crippen LogP contribution in [0.15, 0.2) is 65.8 Å². The lowest BCUT2D eigenvalue weighted by Gasteiger charge is -2.20. The molecule has 38 heavy (non-hydrogen) atoms. The van der Waals surface area contributed by atoms with Gasteiger partial charge in [-0.1, -0.05) is 60.8 Å². The number of ether oxygens (including phenoxy) is 2. The van der Waals surface area contributed by atoms with E-state index in [-0.39, 0.29) is 10.9 Å². The number of carbonyl (C=O) groups excluding carboxylic acids is 2. The topological polar surface area (TPSA) is 89.0 Å². The fourth-order valence-electron chi connectivity index (χ4n) is 3.37. The van der Waals surface area contributed by atoms with Crippen LogP contribution in [0.2, 0.25) is 15.1 Å². The van der Waals surface area contributed by atoms with Crippen LogP contribution in [-0.4, -0.2) is 30.7 Å². The van der Waals surface area contributed by atoms with Crippen molar-refractivity contribution in [2.75, 3.05) is 6.61 Å². The van der Waals surface area contributed by atoms with Gasteiger partial charge in [0.25, 0.3) is 11.8 Å². The van der Waals surface area contributed by atoms with Gasteiger partial charge in [-0.2, -0.15) is 5.10 Å². The van der Waals surface area contributed by atoms with Crippen LogP contribution >= 0.6 is 34.8 Å². The van der Waals surface area contributed by atoms with Crippen molar-refractivity contribution in [3.63, 3.8) is 0 Å². The summed E-state index contributed by atoms with van der Waals surface area (Å²) in [7, 11) is 0. The van der Waals surface area contributed by atoms with Crippen molar-refractivity contribution in [1.82, 2.24) is 10.7 Å². The first-order valence-electron chi connectivity index (χ1n) is 11.9. The number of benzene rings is 3. The van der Waals surface area contributed by atoms with Crippen LogP contribution < -0.4 is 20.2 Å². The maximum absolute atomic E-state index is 12.8. The molecule has 0 radical (unpaired) electrons. The molecule has 0 aliphatic rings. The Hall–Kier alpha value is -3.26. The molecule has 0 bridgehead atoms. The van der Waals surface area contributed by atoms with E-state index in [0.717, 1.165) is 5.56 Å². The molecule has 0 saturated heterocycles. The maximum atomic E-state index is 12.8. The van der Waals surface area contributed by atoms with E-state index in [2.05, 4.69) is 15.8 Å². The molecule has 7 nitrogen and oxygen atoms in total. The highest BCUT2D eigenvalue weighted by Crippen LogP contribution is 2.29. The first kappa shape index (κ1) is 29.3. The summed E-state index contributed by atoms with van der Waals surface area (Å²) in [5.41, 5.74) is 4.44. The Bertz CT molecular complexity index is 1300. The van der Waals surface area contributed by atoms with Crippen LogP contribution in [0.25, 0.3) is 0 Å². The SMILES string of the molecule is CCOc1cc(C=NNC(=O)C(NC(=O)c2ccc(Cl)c(Cl)c2)C(C)C)ccc1OCc1ccc(Cl)cc1. The van der Waals surface area contributed by atoms with E-state index in [1.165, 1.54) is 24.4 Å². The van der Waals surface area contributed by atoms with Gasteiger partial charge in [-0.25, -0.2) is 5.43 Å². The molecule has 3 aromatic rings. The van der Waals surface area contributed by atoms with Crippen LogP contribution in [0, 0.1) is 5.92 Å². The Kier molecular flexibility index (Phi) is 10.8. The zero-order chi connectivity index (χ0) is 27.7. The van der Waals surface area contributed by atoms with Crippen molar-refractivity contribution in [1.29, 1.82) is 0 Å². The van der Waals surface area contributed by atoms with Gasteiger partial charge in [0.15, 0.2) is 11.5 Å². The van der Waals surface area contributed by atoms with Crippen molar-refractivity contribution in [3.8, 4) is 11.5 Å². The van der Waals surface area contributed by atoms with Crippen molar-refractivity contribution >= 4 is 52.8 Å². The first-order valence-corrected chi connectivity index (χ1v) is 13.0.